The number of aldehydes is 1. The molecule has 5 nitrogen and oxygen atoms in total. The van der Waals surface area contributed by atoms with Crippen molar-refractivity contribution in [1.29, 1.82) is 0 Å². The molecule has 7 heteroatoms. The zero-order valence-electron chi connectivity index (χ0n) is 12.4. The third-order valence-electron chi connectivity index (χ3n) is 3.07. The second-order valence-electron chi connectivity index (χ2n) is 4.79. The molecule has 0 aromatic heterocycles. The molecule has 2 rings (SSSR count). The van der Waals surface area contributed by atoms with Gasteiger partial charge in [-0.2, -0.15) is 8.42 Å². The summed E-state index contributed by atoms with van der Waals surface area (Å²) in [6.07, 6.45) is 0.773. The molecule has 23 heavy (non-hydrogen) atoms. The van der Waals surface area contributed by atoms with Gasteiger partial charge in [-0.3, -0.25) is 8.98 Å². The molecule has 0 radical (unpaired) electrons. The summed E-state index contributed by atoms with van der Waals surface area (Å²) >= 11 is 3.37. The summed E-state index contributed by atoms with van der Waals surface area (Å²) in [6, 6.07) is 12.1. The predicted octanol–water partition coefficient (Wildman–Crippen LogP) is 3.32. The highest BCUT2D eigenvalue weighted by molar-refractivity contribution is 9.10. The minimum atomic E-state index is -3.59. The van der Waals surface area contributed by atoms with Gasteiger partial charge in [0.15, 0.2) is 0 Å². The van der Waals surface area contributed by atoms with Crippen LogP contribution in [0.4, 0.5) is 0 Å². The van der Waals surface area contributed by atoms with Crippen LogP contribution in [-0.4, -0.2) is 21.8 Å². The van der Waals surface area contributed by atoms with Crippen molar-refractivity contribution in [2.75, 3.05) is 7.11 Å². The predicted molar refractivity (Wildman–Crippen MR) is 89.9 cm³/mol. The van der Waals surface area contributed by atoms with Crippen molar-refractivity contribution in [1.82, 2.24) is 0 Å². The summed E-state index contributed by atoms with van der Waals surface area (Å²) in [5.74, 6) is 0.290. The average molecular weight is 399 g/mol. The Kier molecular flexibility index (Phi) is 5.92. The lowest BCUT2D eigenvalue weighted by Gasteiger charge is -2.10. The summed E-state index contributed by atoms with van der Waals surface area (Å²) < 4.78 is 33.9. The van der Waals surface area contributed by atoms with E-state index >= 15 is 0 Å². The van der Waals surface area contributed by atoms with Crippen molar-refractivity contribution in [3.63, 3.8) is 0 Å². The van der Waals surface area contributed by atoms with Crippen LogP contribution in [0.2, 0.25) is 0 Å². The van der Waals surface area contributed by atoms with Gasteiger partial charge >= 0.3 is 0 Å². The number of halogens is 1. The van der Waals surface area contributed by atoms with E-state index in [4.69, 9.17) is 4.74 Å². The third-order valence-corrected chi connectivity index (χ3v) is 4.92. The van der Waals surface area contributed by atoms with Crippen LogP contribution in [0.3, 0.4) is 0 Å². The van der Waals surface area contributed by atoms with Gasteiger partial charge in [-0.1, -0.05) is 24.3 Å². The fraction of sp³-hybridized carbons (Fsp3) is 0.188. The second-order valence-corrected chi connectivity index (χ2v) is 7.38. The number of hydrogen-bond donors (Lipinski definition) is 0. The fourth-order valence-electron chi connectivity index (χ4n) is 1.93. The van der Waals surface area contributed by atoms with Gasteiger partial charge in [0.2, 0.25) is 0 Å². The molecule has 0 unspecified atom stereocenters. The third kappa shape index (κ3) is 5.16. The number of benzene rings is 2. The average Bonchev–Trinajstić information content (AvgIpc) is 2.55. The molecule has 0 aliphatic heterocycles. The number of ether oxygens (including phenoxy) is 1. The lowest BCUT2D eigenvalue weighted by atomic mass is 10.1. The zero-order valence-corrected chi connectivity index (χ0v) is 14.8. The highest BCUT2D eigenvalue weighted by atomic mass is 79.9. The Labute approximate surface area is 143 Å². The van der Waals surface area contributed by atoms with Gasteiger partial charge < -0.3 is 4.74 Å². The molecule has 0 amide bonds. The Morgan fingerprint density at radius 3 is 2.61 bits per heavy atom. The van der Waals surface area contributed by atoms with E-state index < -0.39 is 10.1 Å². The Morgan fingerprint density at radius 2 is 1.91 bits per heavy atom. The van der Waals surface area contributed by atoms with Crippen LogP contribution in [0, 0.1) is 0 Å². The molecule has 0 spiro atoms. The monoisotopic (exact) mass is 398 g/mol. The Bertz CT molecular complexity index is 802. The Hall–Kier alpha value is -1.70. The second kappa shape index (κ2) is 7.72. The van der Waals surface area contributed by atoms with Crippen LogP contribution in [-0.2, 0) is 26.7 Å². The molecule has 0 saturated heterocycles. The number of carbonyl (C=O) groups excluding carboxylic acids is 1. The first kappa shape index (κ1) is 17.7. The van der Waals surface area contributed by atoms with Crippen LogP contribution in [0.1, 0.15) is 21.5 Å². The lowest BCUT2D eigenvalue weighted by Crippen LogP contribution is -2.06. The van der Waals surface area contributed by atoms with E-state index in [1.54, 1.807) is 36.4 Å². The molecule has 0 heterocycles. The highest BCUT2D eigenvalue weighted by Crippen LogP contribution is 2.28. The summed E-state index contributed by atoms with van der Waals surface area (Å²) in [7, 11) is -2.46. The summed E-state index contributed by atoms with van der Waals surface area (Å²) in [5, 5.41) is 0. The fourth-order valence-corrected chi connectivity index (χ4v) is 3.00. The normalized spacial score (nSPS) is 11.2. The van der Waals surface area contributed by atoms with Crippen LogP contribution in [0.5, 0.6) is 5.75 Å². The van der Waals surface area contributed by atoms with Crippen molar-refractivity contribution in [2.24, 2.45) is 0 Å². The molecule has 122 valence electrons. The van der Waals surface area contributed by atoms with Gasteiger partial charge in [0.25, 0.3) is 10.1 Å². The van der Waals surface area contributed by atoms with E-state index in [1.165, 1.54) is 0 Å². The maximum atomic E-state index is 11.5. The van der Waals surface area contributed by atoms with Gasteiger partial charge in [-0.15, -0.1) is 0 Å². The van der Waals surface area contributed by atoms with Gasteiger partial charge in [0.05, 0.1) is 11.6 Å². The molecule has 0 atom stereocenters. The van der Waals surface area contributed by atoms with Gasteiger partial charge in [0.1, 0.15) is 24.4 Å². The number of rotatable bonds is 7. The first-order chi connectivity index (χ1) is 10.9. The molecular weight excluding hydrogens is 384 g/mol. The molecule has 0 aliphatic rings. The standard InChI is InChI=1S/C16H15BrO5S/c1-21-23(19,20)11-14-5-6-15(17)16(8-14)22-10-13-4-2-3-12(7-13)9-18/h2-9H,10-11H2,1H3. The largest absolute Gasteiger partial charge is 0.488 e. The van der Waals surface area contributed by atoms with Crippen molar-refractivity contribution in [3.8, 4) is 5.75 Å². The molecular formula is C16H15BrO5S. The summed E-state index contributed by atoms with van der Waals surface area (Å²) in [6.45, 7) is 0.265. The summed E-state index contributed by atoms with van der Waals surface area (Å²) in [5.41, 5.74) is 1.98. The topological polar surface area (TPSA) is 69.7 Å². The SMILES string of the molecule is COS(=O)(=O)Cc1ccc(Br)c(OCc2cccc(C=O)c2)c1. The quantitative estimate of drug-likeness (QED) is 0.528. The van der Waals surface area contributed by atoms with E-state index in [0.29, 0.717) is 21.3 Å². The van der Waals surface area contributed by atoms with Crippen LogP contribution < -0.4 is 4.74 Å². The van der Waals surface area contributed by atoms with Crippen molar-refractivity contribution in [2.45, 2.75) is 12.4 Å². The minimum Gasteiger partial charge on any atom is -0.488 e. The van der Waals surface area contributed by atoms with E-state index in [-0.39, 0.29) is 12.4 Å². The van der Waals surface area contributed by atoms with Crippen molar-refractivity contribution >= 4 is 32.3 Å². The maximum absolute atomic E-state index is 11.5. The smallest absolute Gasteiger partial charge is 0.271 e. The minimum absolute atomic E-state index is 0.228. The Balaban J connectivity index is 2.14. The molecule has 2 aromatic rings. The van der Waals surface area contributed by atoms with E-state index in [2.05, 4.69) is 20.1 Å². The molecule has 2 aromatic carbocycles. The zero-order chi connectivity index (χ0) is 16.9. The van der Waals surface area contributed by atoms with E-state index in [9.17, 15) is 13.2 Å². The van der Waals surface area contributed by atoms with Crippen molar-refractivity contribution < 1.29 is 22.1 Å². The van der Waals surface area contributed by atoms with E-state index in [1.807, 2.05) is 6.07 Å². The number of hydrogen-bond acceptors (Lipinski definition) is 5. The van der Waals surface area contributed by atoms with Gasteiger partial charge in [-0.25, -0.2) is 0 Å². The van der Waals surface area contributed by atoms with Crippen molar-refractivity contribution in [3.05, 3.63) is 63.6 Å². The van der Waals surface area contributed by atoms with Gasteiger partial charge in [0, 0.05) is 5.56 Å². The Morgan fingerprint density at radius 1 is 1.13 bits per heavy atom. The molecule has 0 fully saturated rings. The van der Waals surface area contributed by atoms with Crippen LogP contribution >= 0.6 is 15.9 Å². The first-order valence-corrected chi connectivity index (χ1v) is 9.04. The highest BCUT2D eigenvalue weighted by Gasteiger charge is 2.12. The van der Waals surface area contributed by atoms with Crippen LogP contribution in [0.15, 0.2) is 46.9 Å². The summed E-state index contributed by atoms with van der Waals surface area (Å²) in [4.78, 5) is 10.8. The lowest BCUT2D eigenvalue weighted by molar-refractivity contribution is 0.112. The van der Waals surface area contributed by atoms with Crippen LogP contribution in [0.25, 0.3) is 0 Å². The molecule has 0 saturated carbocycles. The molecule has 0 bridgehead atoms. The number of carbonyl (C=O) groups is 1. The maximum Gasteiger partial charge on any atom is 0.271 e. The van der Waals surface area contributed by atoms with E-state index in [0.717, 1.165) is 19.0 Å². The molecule has 0 aliphatic carbocycles. The molecule has 0 N–H and O–H groups in total. The first-order valence-electron chi connectivity index (χ1n) is 6.67. The van der Waals surface area contributed by atoms with Gasteiger partial charge in [-0.05, 0) is 45.3 Å².